The number of aromatic nitrogens is 1. The van der Waals surface area contributed by atoms with Crippen molar-refractivity contribution in [3.63, 3.8) is 0 Å². The first kappa shape index (κ1) is 12.7. The second kappa shape index (κ2) is 6.30. The van der Waals surface area contributed by atoms with E-state index < -0.39 is 12.3 Å². The Kier molecular flexibility index (Phi) is 5.01. The van der Waals surface area contributed by atoms with Crippen LogP contribution in [0.1, 0.15) is 24.3 Å². The van der Waals surface area contributed by atoms with Crippen molar-refractivity contribution >= 4 is 5.97 Å². The van der Waals surface area contributed by atoms with Gasteiger partial charge in [0.15, 0.2) is 6.29 Å². The number of hydrogen-bond acceptors (Lipinski definition) is 3. The summed E-state index contributed by atoms with van der Waals surface area (Å²) in [6.45, 7) is 5.21. The number of carboxylic acid groups (broad SMARTS) is 1. The lowest BCUT2D eigenvalue weighted by Crippen LogP contribution is -2.25. The van der Waals surface area contributed by atoms with E-state index in [9.17, 15) is 4.79 Å². The molecule has 5 heteroatoms. The lowest BCUT2D eigenvalue weighted by Gasteiger charge is -2.18. The van der Waals surface area contributed by atoms with E-state index in [1.54, 1.807) is 22.9 Å². The Hall–Kier alpha value is -1.33. The molecule has 0 fully saturated rings. The first-order valence-electron chi connectivity index (χ1n) is 5.30. The van der Waals surface area contributed by atoms with Gasteiger partial charge in [0.05, 0.1) is 6.54 Å². The van der Waals surface area contributed by atoms with E-state index in [0.29, 0.717) is 19.8 Å². The van der Waals surface area contributed by atoms with E-state index >= 15 is 0 Å². The molecule has 1 aromatic heterocycles. The third kappa shape index (κ3) is 3.36. The molecule has 0 atom stereocenters. The standard InChI is InChI=1S/C11H17NO4/c1-3-15-10(16-4-2)8-12-7-5-6-9(12)11(13)14/h5-7,10H,3-4,8H2,1-2H3,(H,13,14). The molecule has 1 heterocycles. The van der Waals surface area contributed by atoms with E-state index in [2.05, 4.69) is 0 Å². The van der Waals surface area contributed by atoms with Crippen LogP contribution in [-0.2, 0) is 16.0 Å². The highest BCUT2D eigenvalue weighted by Crippen LogP contribution is 2.06. The van der Waals surface area contributed by atoms with Crippen LogP contribution in [-0.4, -0.2) is 35.1 Å². The summed E-state index contributed by atoms with van der Waals surface area (Å²) in [7, 11) is 0. The molecule has 0 radical (unpaired) electrons. The Morgan fingerprint density at radius 1 is 1.44 bits per heavy atom. The lowest BCUT2D eigenvalue weighted by molar-refractivity contribution is -0.143. The molecule has 0 aromatic carbocycles. The first-order chi connectivity index (χ1) is 7.69. The second-order valence-corrected chi connectivity index (χ2v) is 3.19. The summed E-state index contributed by atoms with van der Waals surface area (Å²) in [4.78, 5) is 10.9. The number of carbonyl (C=O) groups is 1. The third-order valence-electron chi connectivity index (χ3n) is 2.10. The van der Waals surface area contributed by atoms with Gasteiger partial charge >= 0.3 is 5.97 Å². The highest BCUT2D eigenvalue weighted by Gasteiger charge is 2.14. The number of aromatic carboxylic acids is 1. The average Bonchev–Trinajstić information content (AvgIpc) is 2.66. The maximum atomic E-state index is 10.9. The Bertz CT molecular complexity index is 328. The summed E-state index contributed by atoms with van der Waals surface area (Å²) in [5, 5.41) is 8.92. The van der Waals surface area contributed by atoms with Crippen molar-refractivity contribution in [2.45, 2.75) is 26.7 Å². The fraction of sp³-hybridized carbons (Fsp3) is 0.545. The Morgan fingerprint density at radius 2 is 2.06 bits per heavy atom. The van der Waals surface area contributed by atoms with Gasteiger partial charge in [-0.3, -0.25) is 0 Å². The van der Waals surface area contributed by atoms with Crippen molar-refractivity contribution in [1.29, 1.82) is 0 Å². The van der Waals surface area contributed by atoms with Crippen LogP contribution in [0.15, 0.2) is 18.3 Å². The van der Waals surface area contributed by atoms with Crippen LogP contribution in [0.5, 0.6) is 0 Å². The van der Waals surface area contributed by atoms with Gasteiger partial charge in [0, 0.05) is 19.4 Å². The summed E-state index contributed by atoms with van der Waals surface area (Å²) in [6, 6.07) is 3.25. The zero-order chi connectivity index (χ0) is 12.0. The van der Waals surface area contributed by atoms with Gasteiger partial charge in [-0.05, 0) is 26.0 Å². The molecular weight excluding hydrogens is 210 g/mol. The van der Waals surface area contributed by atoms with E-state index in [0.717, 1.165) is 0 Å². The summed E-state index contributed by atoms with van der Waals surface area (Å²) in [5.41, 5.74) is 0.240. The fourth-order valence-electron chi connectivity index (χ4n) is 1.45. The van der Waals surface area contributed by atoms with Crippen LogP contribution < -0.4 is 0 Å². The SMILES string of the molecule is CCOC(Cn1cccc1C(=O)O)OCC. The third-order valence-corrected chi connectivity index (χ3v) is 2.10. The molecule has 90 valence electrons. The molecule has 0 saturated heterocycles. The van der Waals surface area contributed by atoms with Gasteiger partial charge in [0.25, 0.3) is 0 Å². The molecule has 0 unspecified atom stereocenters. The molecule has 0 amide bonds. The molecule has 16 heavy (non-hydrogen) atoms. The Labute approximate surface area is 94.6 Å². The fourth-order valence-corrected chi connectivity index (χ4v) is 1.45. The molecular formula is C11H17NO4. The van der Waals surface area contributed by atoms with E-state index in [4.69, 9.17) is 14.6 Å². The van der Waals surface area contributed by atoms with Crippen LogP contribution >= 0.6 is 0 Å². The molecule has 1 N–H and O–H groups in total. The van der Waals surface area contributed by atoms with Crippen molar-refractivity contribution in [1.82, 2.24) is 4.57 Å². The van der Waals surface area contributed by atoms with E-state index in [1.807, 2.05) is 13.8 Å². The van der Waals surface area contributed by atoms with Crippen LogP contribution in [0.4, 0.5) is 0 Å². The highest BCUT2D eigenvalue weighted by molar-refractivity contribution is 5.85. The van der Waals surface area contributed by atoms with Gasteiger partial charge in [-0.15, -0.1) is 0 Å². The predicted molar refractivity (Wildman–Crippen MR) is 58.4 cm³/mol. The van der Waals surface area contributed by atoms with Gasteiger partial charge < -0.3 is 19.1 Å². The van der Waals surface area contributed by atoms with Crippen molar-refractivity contribution in [3.05, 3.63) is 24.0 Å². The molecule has 0 aliphatic rings. The summed E-state index contributed by atoms with van der Waals surface area (Å²) in [6.07, 6.45) is 1.30. The predicted octanol–water partition coefficient (Wildman–Crippen LogP) is 1.59. The van der Waals surface area contributed by atoms with Crippen LogP contribution in [0, 0.1) is 0 Å². The average molecular weight is 227 g/mol. The maximum Gasteiger partial charge on any atom is 0.352 e. The van der Waals surface area contributed by atoms with Crippen molar-refractivity contribution in [2.24, 2.45) is 0 Å². The molecule has 0 aliphatic carbocycles. The monoisotopic (exact) mass is 227 g/mol. The Morgan fingerprint density at radius 3 is 2.56 bits per heavy atom. The molecule has 0 saturated carbocycles. The van der Waals surface area contributed by atoms with Gasteiger partial charge in [0.2, 0.25) is 0 Å². The van der Waals surface area contributed by atoms with Gasteiger partial charge in [-0.1, -0.05) is 0 Å². The van der Waals surface area contributed by atoms with Crippen LogP contribution in [0.2, 0.25) is 0 Å². The van der Waals surface area contributed by atoms with Gasteiger partial charge in [-0.25, -0.2) is 4.79 Å². The summed E-state index contributed by atoms with van der Waals surface area (Å²) < 4.78 is 12.3. The number of hydrogen-bond donors (Lipinski definition) is 1. The van der Waals surface area contributed by atoms with Crippen molar-refractivity contribution in [3.8, 4) is 0 Å². The number of ether oxygens (including phenoxy) is 2. The largest absolute Gasteiger partial charge is 0.477 e. The number of rotatable bonds is 7. The Balaban J connectivity index is 2.68. The lowest BCUT2D eigenvalue weighted by atomic mass is 10.4. The molecule has 0 bridgehead atoms. The first-order valence-corrected chi connectivity index (χ1v) is 5.30. The van der Waals surface area contributed by atoms with Crippen LogP contribution in [0.25, 0.3) is 0 Å². The number of carboxylic acids is 1. The highest BCUT2D eigenvalue weighted by atomic mass is 16.7. The molecule has 0 aliphatic heterocycles. The van der Waals surface area contributed by atoms with E-state index in [1.165, 1.54) is 0 Å². The van der Waals surface area contributed by atoms with E-state index in [-0.39, 0.29) is 5.69 Å². The van der Waals surface area contributed by atoms with Crippen molar-refractivity contribution < 1.29 is 19.4 Å². The molecule has 5 nitrogen and oxygen atoms in total. The number of nitrogens with zero attached hydrogens (tertiary/aromatic N) is 1. The molecule has 1 rings (SSSR count). The topological polar surface area (TPSA) is 60.7 Å². The maximum absolute atomic E-state index is 10.9. The van der Waals surface area contributed by atoms with Gasteiger partial charge in [-0.2, -0.15) is 0 Å². The minimum Gasteiger partial charge on any atom is -0.477 e. The summed E-state index contributed by atoms with van der Waals surface area (Å²) in [5.74, 6) is -0.947. The minimum absolute atomic E-state index is 0.240. The molecule has 0 spiro atoms. The van der Waals surface area contributed by atoms with Gasteiger partial charge in [0.1, 0.15) is 5.69 Å². The zero-order valence-electron chi connectivity index (χ0n) is 9.55. The quantitative estimate of drug-likeness (QED) is 0.718. The second-order valence-electron chi connectivity index (χ2n) is 3.19. The molecule has 1 aromatic rings. The van der Waals surface area contributed by atoms with Crippen LogP contribution in [0.3, 0.4) is 0 Å². The minimum atomic E-state index is -0.947. The normalized spacial score (nSPS) is 10.9. The smallest absolute Gasteiger partial charge is 0.352 e. The zero-order valence-corrected chi connectivity index (χ0v) is 9.55. The van der Waals surface area contributed by atoms with Crippen molar-refractivity contribution in [2.75, 3.05) is 13.2 Å². The summed E-state index contributed by atoms with van der Waals surface area (Å²) >= 11 is 0.